The van der Waals surface area contributed by atoms with E-state index < -0.39 is 10.0 Å². The van der Waals surface area contributed by atoms with Crippen molar-refractivity contribution in [3.05, 3.63) is 29.8 Å². The number of nitrogens with zero attached hydrogens (tertiary/aromatic N) is 1. The normalized spacial score (nSPS) is 17.8. The number of piperidine rings is 1. The number of nitrogens with one attached hydrogen (secondary N) is 2. The molecule has 25 heavy (non-hydrogen) atoms. The van der Waals surface area contributed by atoms with Crippen molar-refractivity contribution in [1.29, 1.82) is 0 Å². The summed E-state index contributed by atoms with van der Waals surface area (Å²) in [7, 11) is -3.39. The van der Waals surface area contributed by atoms with Crippen molar-refractivity contribution in [2.75, 3.05) is 24.1 Å². The molecule has 1 aromatic carbocycles. The molecule has 0 aromatic heterocycles. The van der Waals surface area contributed by atoms with Crippen LogP contribution in [0.25, 0.3) is 0 Å². The highest BCUT2D eigenvalue weighted by Crippen LogP contribution is 2.19. The van der Waals surface area contributed by atoms with Crippen LogP contribution in [0.4, 0.5) is 5.69 Å². The van der Waals surface area contributed by atoms with Gasteiger partial charge in [0.2, 0.25) is 21.8 Å². The molecule has 138 valence electrons. The first-order valence-corrected chi connectivity index (χ1v) is 10.3. The average molecular weight is 367 g/mol. The van der Waals surface area contributed by atoms with Gasteiger partial charge in [-0.1, -0.05) is 25.1 Å². The maximum absolute atomic E-state index is 12.4. The first-order valence-electron chi connectivity index (χ1n) is 8.41. The van der Waals surface area contributed by atoms with E-state index in [0.717, 1.165) is 19.1 Å². The molecular weight excluding hydrogens is 342 g/mol. The standard InChI is InChI=1S/C17H25N3O4S/c1-3-16(21)20-10-6-8-14(12-20)17(22)18-11-13-7-4-5-9-15(13)19-25(2,23)24/h4-5,7,9,14,19H,3,6,8,10-12H2,1-2H3,(H,18,22). The smallest absolute Gasteiger partial charge is 0.229 e. The molecule has 0 aliphatic carbocycles. The molecule has 0 spiro atoms. The monoisotopic (exact) mass is 367 g/mol. The number of para-hydroxylation sites is 1. The largest absolute Gasteiger partial charge is 0.352 e. The number of anilines is 1. The van der Waals surface area contributed by atoms with Crippen LogP contribution in [-0.2, 0) is 26.2 Å². The molecule has 1 heterocycles. The van der Waals surface area contributed by atoms with Gasteiger partial charge in [0.05, 0.1) is 17.9 Å². The molecule has 7 nitrogen and oxygen atoms in total. The summed E-state index contributed by atoms with van der Waals surface area (Å²) in [5.74, 6) is -0.262. The van der Waals surface area contributed by atoms with Gasteiger partial charge in [-0.25, -0.2) is 8.42 Å². The predicted molar refractivity (Wildman–Crippen MR) is 96.4 cm³/mol. The van der Waals surface area contributed by atoms with Crippen molar-refractivity contribution in [3.63, 3.8) is 0 Å². The second-order valence-electron chi connectivity index (χ2n) is 6.28. The minimum atomic E-state index is -3.39. The summed E-state index contributed by atoms with van der Waals surface area (Å²) >= 11 is 0. The molecule has 1 unspecified atom stereocenters. The Morgan fingerprint density at radius 1 is 1.28 bits per heavy atom. The summed E-state index contributed by atoms with van der Waals surface area (Å²) < 4.78 is 25.3. The van der Waals surface area contributed by atoms with E-state index in [2.05, 4.69) is 10.0 Å². The lowest BCUT2D eigenvalue weighted by Gasteiger charge is -2.32. The van der Waals surface area contributed by atoms with Crippen molar-refractivity contribution in [2.24, 2.45) is 5.92 Å². The molecule has 2 amide bonds. The Morgan fingerprint density at radius 3 is 2.68 bits per heavy atom. The maximum Gasteiger partial charge on any atom is 0.229 e. The molecule has 1 aliphatic rings. The van der Waals surface area contributed by atoms with E-state index in [1.807, 2.05) is 6.92 Å². The molecule has 1 atom stereocenters. The quantitative estimate of drug-likeness (QED) is 0.793. The van der Waals surface area contributed by atoms with Gasteiger partial charge in [0.15, 0.2) is 0 Å². The molecular formula is C17H25N3O4S. The molecule has 0 bridgehead atoms. The van der Waals surface area contributed by atoms with Crippen molar-refractivity contribution in [1.82, 2.24) is 10.2 Å². The van der Waals surface area contributed by atoms with Crippen LogP contribution in [-0.4, -0.2) is 44.5 Å². The lowest BCUT2D eigenvalue weighted by Crippen LogP contribution is -2.45. The van der Waals surface area contributed by atoms with E-state index in [1.54, 1.807) is 29.2 Å². The molecule has 1 saturated heterocycles. The highest BCUT2D eigenvalue weighted by molar-refractivity contribution is 7.92. The van der Waals surface area contributed by atoms with Crippen LogP contribution in [0.3, 0.4) is 0 Å². The summed E-state index contributed by atoms with van der Waals surface area (Å²) in [6, 6.07) is 6.94. The van der Waals surface area contributed by atoms with Gasteiger partial charge in [-0.15, -0.1) is 0 Å². The van der Waals surface area contributed by atoms with E-state index in [9.17, 15) is 18.0 Å². The lowest BCUT2D eigenvalue weighted by atomic mass is 9.96. The Morgan fingerprint density at radius 2 is 2.00 bits per heavy atom. The number of likely N-dealkylation sites (tertiary alicyclic amines) is 1. The number of hydrogen-bond acceptors (Lipinski definition) is 4. The van der Waals surface area contributed by atoms with Crippen LogP contribution in [0.1, 0.15) is 31.7 Å². The molecule has 1 fully saturated rings. The fourth-order valence-electron chi connectivity index (χ4n) is 2.94. The molecule has 2 rings (SSSR count). The average Bonchev–Trinajstić information content (AvgIpc) is 2.58. The summed E-state index contributed by atoms with van der Waals surface area (Å²) in [5, 5.41) is 2.86. The molecule has 1 aliphatic heterocycles. The minimum absolute atomic E-state index is 0.0696. The number of carbonyl (C=O) groups is 2. The van der Waals surface area contributed by atoms with Crippen molar-refractivity contribution in [2.45, 2.75) is 32.7 Å². The molecule has 8 heteroatoms. The molecule has 1 aromatic rings. The van der Waals surface area contributed by atoms with Gasteiger partial charge in [-0.2, -0.15) is 0 Å². The van der Waals surface area contributed by atoms with Crippen LogP contribution < -0.4 is 10.0 Å². The predicted octanol–water partition coefficient (Wildman–Crippen LogP) is 1.32. The van der Waals surface area contributed by atoms with Gasteiger partial charge in [0.25, 0.3) is 0 Å². The van der Waals surface area contributed by atoms with Crippen LogP contribution in [0.15, 0.2) is 24.3 Å². The Hall–Kier alpha value is -2.09. The second kappa shape index (κ2) is 8.33. The Labute approximate surface area is 148 Å². The number of carbonyl (C=O) groups excluding carboxylic acids is 2. The zero-order chi connectivity index (χ0) is 18.4. The third kappa shape index (κ3) is 5.74. The van der Waals surface area contributed by atoms with E-state index in [4.69, 9.17) is 0 Å². The summed E-state index contributed by atoms with van der Waals surface area (Å²) in [4.78, 5) is 26.0. The number of hydrogen-bond donors (Lipinski definition) is 2. The number of amides is 2. The summed E-state index contributed by atoms with van der Waals surface area (Å²) in [6.45, 7) is 3.20. The van der Waals surface area contributed by atoms with E-state index in [-0.39, 0.29) is 24.3 Å². The van der Waals surface area contributed by atoms with Gasteiger partial charge in [0.1, 0.15) is 0 Å². The SMILES string of the molecule is CCC(=O)N1CCCC(C(=O)NCc2ccccc2NS(C)(=O)=O)C1. The second-order valence-corrected chi connectivity index (χ2v) is 8.03. The fraction of sp³-hybridized carbons (Fsp3) is 0.529. The maximum atomic E-state index is 12.4. The minimum Gasteiger partial charge on any atom is -0.352 e. The van der Waals surface area contributed by atoms with Crippen molar-refractivity contribution >= 4 is 27.5 Å². The van der Waals surface area contributed by atoms with E-state index >= 15 is 0 Å². The van der Waals surface area contributed by atoms with Gasteiger partial charge < -0.3 is 10.2 Å². The molecule has 0 saturated carbocycles. The summed E-state index contributed by atoms with van der Waals surface area (Å²) in [6.07, 6.45) is 3.10. The molecule has 2 N–H and O–H groups in total. The van der Waals surface area contributed by atoms with Crippen molar-refractivity contribution < 1.29 is 18.0 Å². The topological polar surface area (TPSA) is 95.6 Å². The van der Waals surface area contributed by atoms with Gasteiger partial charge in [-0.05, 0) is 24.5 Å². The van der Waals surface area contributed by atoms with Crippen molar-refractivity contribution in [3.8, 4) is 0 Å². The van der Waals surface area contributed by atoms with Crippen LogP contribution in [0.5, 0.6) is 0 Å². The highest BCUT2D eigenvalue weighted by atomic mass is 32.2. The van der Waals surface area contributed by atoms with Gasteiger partial charge in [-0.3, -0.25) is 14.3 Å². The number of rotatable bonds is 6. The van der Waals surface area contributed by atoms with Crippen LogP contribution in [0, 0.1) is 5.92 Å². The Bertz CT molecular complexity index is 733. The zero-order valence-corrected chi connectivity index (χ0v) is 15.4. The van der Waals surface area contributed by atoms with Crippen LogP contribution in [0.2, 0.25) is 0 Å². The van der Waals surface area contributed by atoms with Gasteiger partial charge >= 0.3 is 0 Å². The summed E-state index contributed by atoms with van der Waals surface area (Å²) in [5.41, 5.74) is 1.15. The fourth-order valence-corrected chi connectivity index (χ4v) is 3.54. The number of sulfonamides is 1. The lowest BCUT2D eigenvalue weighted by molar-refractivity contribution is -0.135. The molecule has 0 radical (unpaired) electrons. The number of benzene rings is 1. The third-order valence-corrected chi connectivity index (χ3v) is 4.80. The van der Waals surface area contributed by atoms with E-state index in [0.29, 0.717) is 30.8 Å². The van der Waals surface area contributed by atoms with Crippen LogP contribution >= 0.6 is 0 Å². The Balaban J connectivity index is 1.97. The van der Waals surface area contributed by atoms with Gasteiger partial charge in [0, 0.05) is 26.1 Å². The van der Waals surface area contributed by atoms with E-state index in [1.165, 1.54) is 0 Å². The zero-order valence-electron chi connectivity index (χ0n) is 14.6. The Kier molecular flexibility index (Phi) is 6.41. The first kappa shape index (κ1) is 19.2. The first-order chi connectivity index (χ1) is 11.8. The highest BCUT2D eigenvalue weighted by Gasteiger charge is 2.27. The third-order valence-electron chi connectivity index (χ3n) is 4.21.